The van der Waals surface area contributed by atoms with Crippen molar-refractivity contribution in [1.82, 2.24) is 10.3 Å². The summed E-state index contributed by atoms with van der Waals surface area (Å²) in [5, 5.41) is 8.46. The molecule has 3 aromatic carbocycles. The molecule has 0 radical (unpaired) electrons. The molecule has 2 N–H and O–H groups in total. The van der Waals surface area contributed by atoms with Gasteiger partial charge < -0.3 is 15.4 Å². The van der Waals surface area contributed by atoms with Gasteiger partial charge in [-0.1, -0.05) is 42.0 Å². The van der Waals surface area contributed by atoms with Crippen LogP contribution >= 0.6 is 0 Å². The number of anilines is 2. The summed E-state index contributed by atoms with van der Waals surface area (Å²) in [6.45, 7) is 6.12. The lowest BCUT2D eigenvalue weighted by molar-refractivity contribution is 0.137. The molecule has 30 heavy (non-hydrogen) atoms. The largest absolute Gasteiger partial charge is 0.445 e. The molecule has 0 aliphatic heterocycles. The van der Waals surface area contributed by atoms with Crippen LogP contribution < -0.4 is 10.6 Å². The summed E-state index contributed by atoms with van der Waals surface area (Å²) >= 11 is 0. The summed E-state index contributed by atoms with van der Waals surface area (Å²) in [4.78, 5) is 16.5. The van der Waals surface area contributed by atoms with Gasteiger partial charge in [-0.05, 0) is 56.7 Å². The van der Waals surface area contributed by atoms with Crippen molar-refractivity contribution >= 4 is 39.3 Å². The third kappa shape index (κ3) is 4.35. The van der Waals surface area contributed by atoms with Crippen molar-refractivity contribution in [2.24, 2.45) is 0 Å². The number of ether oxygens (including phenoxy) is 1. The van der Waals surface area contributed by atoms with Gasteiger partial charge in [-0.15, -0.1) is 0 Å². The van der Waals surface area contributed by atoms with Crippen LogP contribution in [0.1, 0.15) is 25.0 Å². The molecule has 0 unspecified atom stereocenters. The van der Waals surface area contributed by atoms with E-state index >= 15 is 0 Å². The van der Waals surface area contributed by atoms with Crippen LogP contribution in [0.2, 0.25) is 0 Å². The minimum Gasteiger partial charge on any atom is -0.445 e. The third-order valence-corrected chi connectivity index (χ3v) is 4.84. The van der Waals surface area contributed by atoms with Crippen LogP contribution in [0.15, 0.2) is 66.7 Å². The van der Waals surface area contributed by atoms with Crippen molar-refractivity contribution in [3.63, 3.8) is 0 Å². The predicted molar refractivity (Wildman–Crippen MR) is 122 cm³/mol. The number of aryl methyl sites for hydroxylation is 1. The number of benzene rings is 3. The summed E-state index contributed by atoms with van der Waals surface area (Å²) in [5.41, 5.74) is 6.04. The van der Waals surface area contributed by atoms with Gasteiger partial charge in [0.25, 0.3) is 0 Å². The van der Waals surface area contributed by atoms with Crippen molar-refractivity contribution in [3.05, 3.63) is 77.9 Å². The fraction of sp³-hybridized carbons (Fsp3) is 0.200. The highest BCUT2D eigenvalue weighted by Gasteiger charge is 2.10. The Morgan fingerprint density at radius 1 is 0.967 bits per heavy atom. The zero-order valence-electron chi connectivity index (χ0n) is 17.4. The molecular formula is C25H25N3O2. The molecule has 0 aliphatic carbocycles. The highest BCUT2D eigenvalue weighted by Crippen LogP contribution is 2.33. The quantitative estimate of drug-likeness (QED) is 0.400. The minimum atomic E-state index is -0.405. The number of hydrogen-bond donors (Lipinski definition) is 2. The molecule has 152 valence electrons. The lowest BCUT2D eigenvalue weighted by Gasteiger charge is -2.14. The molecule has 0 bridgehead atoms. The van der Waals surface area contributed by atoms with Gasteiger partial charge in [0, 0.05) is 22.5 Å². The van der Waals surface area contributed by atoms with Crippen molar-refractivity contribution in [2.75, 3.05) is 5.32 Å². The van der Waals surface area contributed by atoms with Crippen LogP contribution in [0.4, 0.5) is 16.2 Å². The number of aromatic nitrogens is 1. The molecule has 1 heterocycles. The summed E-state index contributed by atoms with van der Waals surface area (Å²) < 4.78 is 5.25. The molecule has 4 aromatic rings. The maximum Gasteiger partial charge on any atom is 0.407 e. The third-order valence-electron chi connectivity index (χ3n) is 4.84. The van der Waals surface area contributed by atoms with E-state index in [0.29, 0.717) is 0 Å². The smallest absolute Gasteiger partial charge is 0.407 e. The fourth-order valence-electron chi connectivity index (χ4n) is 3.39. The average molecular weight is 399 g/mol. The van der Waals surface area contributed by atoms with E-state index in [9.17, 15) is 4.79 Å². The van der Waals surface area contributed by atoms with Gasteiger partial charge >= 0.3 is 6.09 Å². The monoisotopic (exact) mass is 399 g/mol. The zero-order valence-corrected chi connectivity index (χ0v) is 17.4. The Balaban J connectivity index is 1.60. The predicted octanol–water partition coefficient (Wildman–Crippen LogP) is 6.07. The van der Waals surface area contributed by atoms with E-state index in [1.54, 1.807) is 0 Å². The Kier molecular flexibility index (Phi) is 5.53. The van der Waals surface area contributed by atoms with Crippen molar-refractivity contribution < 1.29 is 9.53 Å². The summed E-state index contributed by atoms with van der Waals surface area (Å²) in [5.74, 6) is 0. The molecule has 5 heteroatoms. The molecule has 0 aliphatic rings. The number of alkyl carbamates (subject to hydrolysis) is 1. The number of para-hydroxylation sites is 1. The summed E-state index contributed by atoms with van der Waals surface area (Å²) in [6, 6.07) is 22.4. The number of nitrogens with zero attached hydrogens (tertiary/aromatic N) is 1. The van der Waals surface area contributed by atoms with Gasteiger partial charge in [-0.2, -0.15) is 0 Å². The van der Waals surface area contributed by atoms with Crippen LogP contribution in [0, 0.1) is 6.92 Å². The number of amides is 1. The van der Waals surface area contributed by atoms with E-state index in [2.05, 4.69) is 41.8 Å². The number of nitrogens with one attached hydrogen (secondary N) is 2. The first-order valence-electron chi connectivity index (χ1n) is 10.1. The Hall–Kier alpha value is -3.60. The molecule has 4 rings (SSSR count). The maximum atomic E-state index is 11.7. The van der Waals surface area contributed by atoms with Crippen molar-refractivity contribution in [2.45, 2.75) is 33.4 Å². The second-order valence-electron chi connectivity index (χ2n) is 7.72. The van der Waals surface area contributed by atoms with Crippen LogP contribution in [0.25, 0.3) is 21.8 Å². The molecule has 0 saturated carbocycles. The van der Waals surface area contributed by atoms with Gasteiger partial charge in [0.1, 0.15) is 6.61 Å². The second-order valence-corrected chi connectivity index (χ2v) is 7.72. The number of pyridine rings is 1. The molecule has 1 aromatic heterocycles. The maximum absolute atomic E-state index is 11.7. The van der Waals surface area contributed by atoms with E-state index in [0.717, 1.165) is 38.7 Å². The number of hydrogen-bond acceptors (Lipinski definition) is 4. The number of carbonyl (C=O) groups is 1. The van der Waals surface area contributed by atoms with Gasteiger partial charge in [0.05, 0.1) is 16.7 Å². The highest BCUT2D eigenvalue weighted by molar-refractivity contribution is 6.08. The Bertz CT molecular complexity index is 1200. The van der Waals surface area contributed by atoms with E-state index in [1.165, 1.54) is 5.56 Å². The van der Waals surface area contributed by atoms with Crippen LogP contribution in [0.3, 0.4) is 0 Å². The fourth-order valence-corrected chi connectivity index (χ4v) is 3.39. The molecular weight excluding hydrogens is 374 g/mol. The molecule has 0 spiro atoms. The summed E-state index contributed by atoms with van der Waals surface area (Å²) in [6.07, 6.45) is -0.405. The molecule has 0 fully saturated rings. The van der Waals surface area contributed by atoms with Crippen LogP contribution in [0.5, 0.6) is 0 Å². The molecule has 5 nitrogen and oxygen atoms in total. The topological polar surface area (TPSA) is 63.3 Å². The zero-order chi connectivity index (χ0) is 21.1. The first kappa shape index (κ1) is 19.7. The van der Waals surface area contributed by atoms with E-state index in [1.807, 2.05) is 56.3 Å². The number of fused-ring (bicyclic) bond motifs is 2. The van der Waals surface area contributed by atoms with Crippen LogP contribution in [-0.2, 0) is 11.3 Å². The second kappa shape index (κ2) is 8.41. The normalized spacial score (nSPS) is 11.1. The SMILES string of the molecule is Cc1ccc2nc3ccccc3c(Nc3ccc(COC(=O)NC(C)C)cc3)c2c1. The van der Waals surface area contributed by atoms with Gasteiger partial charge in [-0.3, -0.25) is 0 Å². The molecule has 0 saturated heterocycles. The number of carbonyl (C=O) groups excluding carboxylic acids is 1. The minimum absolute atomic E-state index is 0.0534. The lowest BCUT2D eigenvalue weighted by Crippen LogP contribution is -2.30. The molecule has 0 atom stereocenters. The number of rotatable bonds is 5. The lowest BCUT2D eigenvalue weighted by atomic mass is 10.1. The first-order valence-corrected chi connectivity index (χ1v) is 10.1. The van der Waals surface area contributed by atoms with E-state index in [4.69, 9.17) is 9.72 Å². The Morgan fingerprint density at radius 2 is 1.70 bits per heavy atom. The molecule has 1 amide bonds. The van der Waals surface area contributed by atoms with Gasteiger partial charge in [0.2, 0.25) is 0 Å². The standard InChI is InChI=1S/C25H25N3O2/c1-16(2)26-25(29)30-15-18-9-11-19(12-10-18)27-24-20-6-4-5-7-22(20)28-23-13-8-17(3)14-21(23)24/h4-14,16H,15H2,1-3H3,(H,26,29)(H,27,28). The van der Waals surface area contributed by atoms with Gasteiger partial charge in [-0.25, -0.2) is 9.78 Å². The van der Waals surface area contributed by atoms with Crippen LogP contribution in [-0.4, -0.2) is 17.1 Å². The van der Waals surface area contributed by atoms with Gasteiger partial charge in [0.15, 0.2) is 0 Å². The Morgan fingerprint density at radius 3 is 2.47 bits per heavy atom. The Labute approximate surface area is 176 Å². The van der Waals surface area contributed by atoms with E-state index < -0.39 is 6.09 Å². The van der Waals surface area contributed by atoms with E-state index in [-0.39, 0.29) is 12.6 Å². The summed E-state index contributed by atoms with van der Waals surface area (Å²) in [7, 11) is 0. The van der Waals surface area contributed by atoms with Crippen molar-refractivity contribution in [3.8, 4) is 0 Å². The first-order chi connectivity index (χ1) is 14.5. The van der Waals surface area contributed by atoms with Crippen molar-refractivity contribution in [1.29, 1.82) is 0 Å². The average Bonchev–Trinajstić information content (AvgIpc) is 2.73. The highest BCUT2D eigenvalue weighted by atomic mass is 16.5.